The first kappa shape index (κ1) is 18.9. The number of nitrogens with two attached hydrogens (primary N) is 1. The predicted octanol–water partition coefficient (Wildman–Crippen LogP) is 5.04. The molecule has 2 N–H and O–H groups in total. The molecule has 0 unspecified atom stereocenters. The van der Waals surface area contributed by atoms with Crippen LogP contribution in [-0.4, -0.2) is 10.5 Å². The Morgan fingerprint density at radius 3 is 2.48 bits per heavy atom. The van der Waals surface area contributed by atoms with Crippen LogP contribution in [0.1, 0.15) is 21.5 Å². The summed E-state index contributed by atoms with van der Waals surface area (Å²) in [6.45, 7) is -0.281. The molecule has 0 saturated heterocycles. The molecule has 8 heteroatoms. The fourth-order valence-electron chi connectivity index (χ4n) is 3.53. The second-order valence-corrected chi connectivity index (χ2v) is 6.52. The van der Waals surface area contributed by atoms with Crippen molar-refractivity contribution in [3.8, 4) is 0 Å². The molecule has 0 spiro atoms. The molecule has 0 aliphatic heterocycles. The van der Waals surface area contributed by atoms with Crippen LogP contribution in [0.3, 0.4) is 0 Å². The normalized spacial score (nSPS) is 12.0. The number of aromatic nitrogens is 1. The Labute approximate surface area is 161 Å². The Hall–Kier alpha value is -3.42. The molecule has 147 valence electrons. The quantitative estimate of drug-likeness (QED) is 0.479. The van der Waals surface area contributed by atoms with E-state index >= 15 is 0 Å². The van der Waals surface area contributed by atoms with E-state index in [1.165, 1.54) is 22.8 Å². The zero-order chi connectivity index (χ0) is 20.9. The van der Waals surface area contributed by atoms with E-state index in [-0.39, 0.29) is 23.1 Å². The van der Waals surface area contributed by atoms with Gasteiger partial charge in [0.1, 0.15) is 11.6 Å². The third-order valence-electron chi connectivity index (χ3n) is 4.73. The minimum Gasteiger partial charge on any atom is -0.366 e. The van der Waals surface area contributed by atoms with Crippen molar-refractivity contribution in [1.29, 1.82) is 0 Å². The summed E-state index contributed by atoms with van der Waals surface area (Å²) < 4.78 is 69.0. The van der Waals surface area contributed by atoms with E-state index in [9.17, 15) is 26.7 Å². The first-order valence-electron chi connectivity index (χ1n) is 8.45. The largest absolute Gasteiger partial charge is 0.416 e. The molecule has 29 heavy (non-hydrogen) atoms. The van der Waals surface area contributed by atoms with E-state index < -0.39 is 29.3 Å². The summed E-state index contributed by atoms with van der Waals surface area (Å²) in [5.74, 6) is -2.45. The fraction of sp³-hybridized carbons (Fsp3) is 0.0952. The SMILES string of the molecule is NC(=O)c1cccc2c1c1[c]c(F)ccc1n2Cc1ccc(F)cc1C(F)(F)F. The average molecular weight is 403 g/mol. The second-order valence-electron chi connectivity index (χ2n) is 6.52. The van der Waals surface area contributed by atoms with Crippen molar-refractivity contribution in [2.24, 2.45) is 5.73 Å². The maximum absolute atomic E-state index is 13.8. The van der Waals surface area contributed by atoms with Crippen LogP contribution in [0.4, 0.5) is 22.0 Å². The summed E-state index contributed by atoms with van der Waals surface area (Å²) in [7, 11) is 0. The lowest BCUT2D eigenvalue weighted by Gasteiger charge is -2.15. The number of fused-ring (bicyclic) bond motifs is 3. The first-order valence-corrected chi connectivity index (χ1v) is 8.45. The molecule has 0 bridgehead atoms. The van der Waals surface area contributed by atoms with Crippen molar-refractivity contribution >= 4 is 27.7 Å². The highest BCUT2D eigenvalue weighted by Crippen LogP contribution is 2.36. The van der Waals surface area contributed by atoms with Gasteiger partial charge in [0, 0.05) is 28.9 Å². The summed E-state index contributed by atoms with van der Waals surface area (Å²) in [5.41, 5.74) is 4.99. The van der Waals surface area contributed by atoms with Gasteiger partial charge in [0.25, 0.3) is 0 Å². The number of hydrogen-bond acceptors (Lipinski definition) is 1. The van der Waals surface area contributed by atoms with Crippen molar-refractivity contribution in [3.05, 3.63) is 82.9 Å². The highest BCUT2D eigenvalue weighted by molar-refractivity contribution is 6.17. The van der Waals surface area contributed by atoms with Crippen LogP contribution in [0, 0.1) is 17.7 Å². The molecule has 0 atom stereocenters. The van der Waals surface area contributed by atoms with Gasteiger partial charge >= 0.3 is 6.18 Å². The van der Waals surface area contributed by atoms with E-state index in [2.05, 4.69) is 6.07 Å². The maximum Gasteiger partial charge on any atom is 0.416 e. The minimum absolute atomic E-state index is 0.100. The summed E-state index contributed by atoms with van der Waals surface area (Å²) in [4.78, 5) is 11.8. The predicted molar refractivity (Wildman–Crippen MR) is 97.3 cm³/mol. The molecule has 0 fully saturated rings. The zero-order valence-electron chi connectivity index (χ0n) is 14.6. The van der Waals surface area contributed by atoms with Gasteiger partial charge in [-0.2, -0.15) is 13.2 Å². The summed E-state index contributed by atoms with van der Waals surface area (Å²) in [6, 6.07) is 12.0. The lowest BCUT2D eigenvalue weighted by molar-refractivity contribution is -0.138. The van der Waals surface area contributed by atoms with Gasteiger partial charge in [0.05, 0.1) is 16.6 Å². The van der Waals surface area contributed by atoms with Crippen molar-refractivity contribution in [2.45, 2.75) is 12.7 Å². The fourth-order valence-corrected chi connectivity index (χ4v) is 3.53. The number of carbonyl (C=O) groups excluding carboxylic acids is 1. The summed E-state index contributed by atoms with van der Waals surface area (Å²) in [5, 5.41) is 0.523. The molecule has 0 saturated carbocycles. The number of halogens is 5. The number of carbonyl (C=O) groups is 1. The number of primary amides is 1. The Bertz CT molecular complexity index is 1270. The summed E-state index contributed by atoms with van der Waals surface area (Å²) in [6.07, 6.45) is -4.76. The molecule has 1 amide bonds. The van der Waals surface area contributed by atoms with Crippen molar-refractivity contribution in [3.63, 3.8) is 0 Å². The van der Waals surface area contributed by atoms with Gasteiger partial charge in [0.15, 0.2) is 0 Å². The van der Waals surface area contributed by atoms with Crippen LogP contribution in [0.25, 0.3) is 21.8 Å². The van der Waals surface area contributed by atoms with E-state index in [0.29, 0.717) is 22.5 Å². The summed E-state index contributed by atoms with van der Waals surface area (Å²) >= 11 is 0. The third-order valence-corrected chi connectivity index (χ3v) is 4.73. The van der Waals surface area contributed by atoms with Gasteiger partial charge in [-0.3, -0.25) is 4.79 Å². The van der Waals surface area contributed by atoms with Crippen LogP contribution < -0.4 is 5.73 Å². The van der Waals surface area contributed by atoms with E-state index in [0.717, 1.165) is 18.2 Å². The molecule has 1 radical (unpaired) electrons. The van der Waals surface area contributed by atoms with Crippen molar-refractivity contribution in [2.75, 3.05) is 0 Å². The Morgan fingerprint density at radius 1 is 1.03 bits per heavy atom. The minimum atomic E-state index is -4.76. The average Bonchev–Trinajstić information content (AvgIpc) is 2.95. The monoisotopic (exact) mass is 403 g/mol. The number of hydrogen-bond donors (Lipinski definition) is 1. The van der Waals surface area contributed by atoms with Crippen molar-refractivity contribution in [1.82, 2.24) is 4.57 Å². The molecule has 1 aromatic heterocycles. The van der Waals surface area contributed by atoms with Crippen LogP contribution in [-0.2, 0) is 12.7 Å². The topological polar surface area (TPSA) is 48.0 Å². The smallest absolute Gasteiger partial charge is 0.366 e. The number of amides is 1. The number of nitrogens with zero attached hydrogens (tertiary/aromatic N) is 1. The second kappa shape index (κ2) is 6.58. The van der Waals surface area contributed by atoms with Gasteiger partial charge in [-0.25, -0.2) is 8.78 Å². The van der Waals surface area contributed by atoms with Crippen LogP contribution in [0.5, 0.6) is 0 Å². The molecular weight excluding hydrogens is 391 g/mol. The molecule has 4 rings (SSSR count). The molecule has 3 nitrogen and oxygen atoms in total. The lowest BCUT2D eigenvalue weighted by Crippen LogP contribution is -2.13. The van der Waals surface area contributed by atoms with Gasteiger partial charge in [-0.15, -0.1) is 0 Å². The zero-order valence-corrected chi connectivity index (χ0v) is 14.6. The molecule has 1 heterocycles. The van der Waals surface area contributed by atoms with E-state index in [1.807, 2.05) is 0 Å². The Kier molecular flexibility index (Phi) is 4.29. The molecule has 4 aromatic rings. The van der Waals surface area contributed by atoms with Gasteiger partial charge in [0.2, 0.25) is 5.91 Å². The number of rotatable bonds is 3. The van der Waals surface area contributed by atoms with Gasteiger partial charge in [-0.05, 0) is 42.0 Å². The van der Waals surface area contributed by atoms with Crippen LogP contribution >= 0.6 is 0 Å². The van der Waals surface area contributed by atoms with Crippen molar-refractivity contribution < 1.29 is 26.7 Å². The highest BCUT2D eigenvalue weighted by atomic mass is 19.4. The molecule has 3 aromatic carbocycles. The molecule has 0 aliphatic carbocycles. The van der Waals surface area contributed by atoms with E-state index in [1.54, 1.807) is 6.07 Å². The standard InChI is InChI=1S/C21H12F5N2O/c22-12-6-7-17-15(8-12)19-14(20(27)29)2-1-3-18(19)28(17)10-11-4-5-13(23)9-16(11)21(24,25)26/h1-7,9H,10H2,(H2,27,29). The highest BCUT2D eigenvalue weighted by Gasteiger charge is 2.34. The third kappa shape index (κ3) is 3.20. The maximum atomic E-state index is 13.8. The van der Waals surface area contributed by atoms with Gasteiger partial charge < -0.3 is 10.3 Å². The van der Waals surface area contributed by atoms with Gasteiger partial charge in [-0.1, -0.05) is 12.1 Å². The first-order chi connectivity index (χ1) is 13.7. The Morgan fingerprint density at radius 2 is 1.79 bits per heavy atom. The van der Waals surface area contributed by atoms with E-state index in [4.69, 9.17) is 5.73 Å². The van der Waals surface area contributed by atoms with Crippen LogP contribution in [0.15, 0.2) is 48.5 Å². The molecular formula is C21H12F5N2O. The number of benzene rings is 3. The molecule has 0 aliphatic rings. The lowest BCUT2D eigenvalue weighted by atomic mass is 10.1. The number of alkyl halides is 3. The van der Waals surface area contributed by atoms with Crippen LogP contribution in [0.2, 0.25) is 0 Å². The Balaban J connectivity index is 2.03.